The molecule has 0 bridgehead atoms. The molecule has 1 aliphatic rings. The molecule has 8 heteroatoms. The van der Waals surface area contributed by atoms with E-state index in [0.717, 1.165) is 17.8 Å². The van der Waals surface area contributed by atoms with Crippen LogP contribution in [0.3, 0.4) is 0 Å². The van der Waals surface area contributed by atoms with E-state index in [4.69, 9.17) is 9.84 Å². The Hall–Kier alpha value is -2.35. The standard InChI is InChI=1S/C15H18N2O5S/c1-3-5-8-11(14(20)22-4-2)12(17-15(21)16-8)9-6-7-10(23-9)13(18)19/h6-7,12H,3-5H2,1-2H3,(H,18,19)(H2,16,17,21). The van der Waals surface area contributed by atoms with Gasteiger partial charge >= 0.3 is 18.0 Å². The van der Waals surface area contributed by atoms with Gasteiger partial charge in [-0.3, -0.25) is 0 Å². The molecule has 0 aromatic carbocycles. The molecule has 0 radical (unpaired) electrons. The summed E-state index contributed by atoms with van der Waals surface area (Å²) >= 11 is 1.02. The van der Waals surface area contributed by atoms with E-state index in [9.17, 15) is 14.4 Å². The Kier molecular flexibility index (Phi) is 5.38. The van der Waals surface area contributed by atoms with Crippen LogP contribution in [-0.4, -0.2) is 29.7 Å². The largest absolute Gasteiger partial charge is 0.477 e. The van der Waals surface area contributed by atoms with Crippen LogP contribution in [-0.2, 0) is 9.53 Å². The van der Waals surface area contributed by atoms with Crippen LogP contribution in [0.25, 0.3) is 0 Å². The molecule has 0 spiro atoms. The van der Waals surface area contributed by atoms with Crippen molar-refractivity contribution in [2.45, 2.75) is 32.7 Å². The molecule has 124 valence electrons. The van der Waals surface area contributed by atoms with E-state index < -0.39 is 24.0 Å². The van der Waals surface area contributed by atoms with Gasteiger partial charge in [0.2, 0.25) is 0 Å². The fourth-order valence-electron chi connectivity index (χ4n) is 2.35. The number of urea groups is 1. The molecule has 0 aliphatic carbocycles. The van der Waals surface area contributed by atoms with Gasteiger partial charge < -0.3 is 20.5 Å². The fourth-order valence-corrected chi connectivity index (χ4v) is 3.26. The number of hydrogen-bond acceptors (Lipinski definition) is 5. The lowest BCUT2D eigenvalue weighted by molar-refractivity contribution is -0.139. The Morgan fingerprint density at radius 2 is 2.09 bits per heavy atom. The van der Waals surface area contributed by atoms with Crippen LogP contribution in [0.2, 0.25) is 0 Å². The van der Waals surface area contributed by atoms with Crippen LogP contribution < -0.4 is 10.6 Å². The van der Waals surface area contributed by atoms with Gasteiger partial charge in [-0.05, 0) is 25.5 Å². The van der Waals surface area contributed by atoms with Gasteiger partial charge in [0.05, 0.1) is 18.2 Å². The Balaban J connectivity index is 2.47. The lowest BCUT2D eigenvalue weighted by Crippen LogP contribution is -2.45. The monoisotopic (exact) mass is 338 g/mol. The SMILES string of the molecule is CCCC1=C(C(=O)OCC)C(c2ccc(C(=O)O)s2)NC(=O)N1. The Morgan fingerprint density at radius 1 is 1.35 bits per heavy atom. The second-order valence-electron chi connectivity index (χ2n) is 4.90. The zero-order chi connectivity index (χ0) is 17.0. The minimum Gasteiger partial charge on any atom is -0.477 e. The predicted octanol–water partition coefficient (Wildman–Crippen LogP) is 2.42. The summed E-state index contributed by atoms with van der Waals surface area (Å²) in [6.45, 7) is 3.86. The molecule has 0 saturated heterocycles. The zero-order valence-corrected chi connectivity index (χ0v) is 13.7. The molecular formula is C15H18N2O5S. The molecule has 3 N–H and O–H groups in total. The number of aromatic carboxylic acids is 1. The summed E-state index contributed by atoms with van der Waals surface area (Å²) in [4.78, 5) is 36.0. The Bertz CT molecular complexity index is 665. The van der Waals surface area contributed by atoms with Crippen molar-refractivity contribution >= 4 is 29.3 Å². The first-order valence-corrected chi connectivity index (χ1v) is 8.10. The van der Waals surface area contributed by atoms with E-state index in [1.54, 1.807) is 13.0 Å². The van der Waals surface area contributed by atoms with Gasteiger partial charge in [0, 0.05) is 10.6 Å². The number of amides is 2. The molecule has 1 unspecified atom stereocenters. The molecule has 23 heavy (non-hydrogen) atoms. The number of carboxylic acids is 1. The van der Waals surface area contributed by atoms with Crippen LogP contribution in [0.4, 0.5) is 4.79 Å². The third-order valence-corrected chi connectivity index (χ3v) is 4.41. The highest BCUT2D eigenvalue weighted by molar-refractivity contribution is 7.14. The van der Waals surface area contributed by atoms with Crippen molar-refractivity contribution in [3.05, 3.63) is 33.2 Å². The van der Waals surface area contributed by atoms with Gasteiger partial charge in [-0.1, -0.05) is 13.3 Å². The number of carboxylic acid groups (broad SMARTS) is 1. The van der Waals surface area contributed by atoms with Crippen molar-refractivity contribution in [2.75, 3.05) is 6.61 Å². The number of nitrogens with one attached hydrogen (secondary N) is 2. The number of thiophene rings is 1. The van der Waals surface area contributed by atoms with Crippen LogP contribution in [0.1, 0.15) is 47.3 Å². The van der Waals surface area contributed by atoms with E-state index in [1.807, 2.05) is 6.92 Å². The molecule has 1 atom stereocenters. The molecule has 0 fully saturated rings. The van der Waals surface area contributed by atoms with Crippen molar-refractivity contribution in [1.29, 1.82) is 0 Å². The molecule has 1 aromatic heterocycles. The second kappa shape index (κ2) is 7.28. The van der Waals surface area contributed by atoms with Gasteiger partial charge in [0.15, 0.2) is 0 Å². The van der Waals surface area contributed by atoms with Gasteiger partial charge in [-0.15, -0.1) is 11.3 Å². The van der Waals surface area contributed by atoms with Crippen LogP contribution >= 0.6 is 11.3 Å². The highest BCUT2D eigenvalue weighted by Gasteiger charge is 2.34. The topological polar surface area (TPSA) is 105 Å². The quantitative estimate of drug-likeness (QED) is 0.691. The number of ether oxygens (including phenoxy) is 1. The van der Waals surface area contributed by atoms with Crippen LogP contribution in [0.15, 0.2) is 23.4 Å². The maximum Gasteiger partial charge on any atom is 0.345 e. The molecule has 1 aromatic rings. The lowest BCUT2D eigenvalue weighted by atomic mass is 9.99. The minimum atomic E-state index is -1.04. The smallest absolute Gasteiger partial charge is 0.345 e. The first-order chi connectivity index (χ1) is 11.0. The zero-order valence-electron chi connectivity index (χ0n) is 12.8. The first kappa shape index (κ1) is 17.0. The fraction of sp³-hybridized carbons (Fsp3) is 0.400. The van der Waals surface area contributed by atoms with E-state index >= 15 is 0 Å². The molecule has 2 amide bonds. The average molecular weight is 338 g/mol. The number of hydrogen-bond donors (Lipinski definition) is 3. The van der Waals surface area contributed by atoms with Crippen molar-refractivity contribution in [2.24, 2.45) is 0 Å². The number of carbonyl (C=O) groups is 3. The van der Waals surface area contributed by atoms with E-state index in [1.165, 1.54) is 6.07 Å². The van der Waals surface area contributed by atoms with Gasteiger partial charge in [-0.2, -0.15) is 0 Å². The van der Waals surface area contributed by atoms with Crippen LogP contribution in [0.5, 0.6) is 0 Å². The van der Waals surface area contributed by atoms with E-state index in [0.29, 0.717) is 22.6 Å². The summed E-state index contributed by atoms with van der Waals surface area (Å²) in [5.41, 5.74) is 0.845. The van der Waals surface area contributed by atoms with Crippen molar-refractivity contribution in [1.82, 2.24) is 10.6 Å². The van der Waals surface area contributed by atoms with Crippen molar-refractivity contribution in [3.8, 4) is 0 Å². The number of esters is 1. The second-order valence-corrected chi connectivity index (χ2v) is 6.02. The third-order valence-electron chi connectivity index (χ3n) is 3.27. The summed E-state index contributed by atoms with van der Waals surface area (Å²) in [6.07, 6.45) is 1.27. The van der Waals surface area contributed by atoms with Crippen LogP contribution in [0, 0.1) is 0 Å². The van der Waals surface area contributed by atoms with Gasteiger partial charge in [0.1, 0.15) is 4.88 Å². The maximum absolute atomic E-state index is 12.3. The third kappa shape index (κ3) is 3.70. The van der Waals surface area contributed by atoms with Gasteiger partial charge in [-0.25, -0.2) is 14.4 Å². The summed E-state index contributed by atoms with van der Waals surface area (Å²) in [6, 6.07) is 1.94. The maximum atomic E-state index is 12.3. The number of rotatable bonds is 6. The van der Waals surface area contributed by atoms with E-state index in [2.05, 4.69) is 10.6 Å². The molecular weight excluding hydrogens is 320 g/mol. The highest BCUT2D eigenvalue weighted by Crippen LogP contribution is 2.33. The van der Waals surface area contributed by atoms with Crippen molar-refractivity contribution in [3.63, 3.8) is 0 Å². The highest BCUT2D eigenvalue weighted by atomic mass is 32.1. The average Bonchev–Trinajstić information content (AvgIpc) is 2.97. The Morgan fingerprint density at radius 3 is 2.65 bits per heavy atom. The first-order valence-electron chi connectivity index (χ1n) is 7.28. The molecule has 2 heterocycles. The lowest BCUT2D eigenvalue weighted by Gasteiger charge is -2.28. The molecule has 1 aliphatic heterocycles. The number of carbonyl (C=O) groups excluding carboxylic acids is 2. The summed E-state index contributed by atoms with van der Waals surface area (Å²) < 4.78 is 5.10. The summed E-state index contributed by atoms with van der Waals surface area (Å²) in [5.74, 6) is -1.56. The normalized spacial score (nSPS) is 17.5. The van der Waals surface area contributed by atoms with Crippen molar-refractivity contribution < 1.29 is 24.2 Å². The summed E-state index contributed by atoms with van der Waals surface area (Å²) in [5, 5.41) is 14.4. The van der Waals surface area contributed by atoms with Gasteiger partial charge in [0.25, 0.3) is 0 Å². The Labute approximate surface area is 137 Å². The number of allylic oxidation sites excluding steroid dienone is 1. The molecule has 7 nitrogen and oxygen atoms in total. The molecule has 2 rings (SSSR count). The van der Waals surface area contributed by atoms with E-state index in [-0.39, 0.29) is 11.5 Å². The summed E-state index contributed by atoms with van der Waals surface area (Å²) in [7, 11) is 0. The molecule has 0 saturated carbocycles. The predicted molar refractivity (Wildman–Crippen MR) is 84.3 cm³/mol. The minimum absolute atomic E-state index is 0.146.